The van der Waals surface area contributed by atoms with Crippen LogP contribution in [0.4, 0.5) is 0 Å². The number of benzene rings is 3. The molecule has 28 heavy (non-hydrogen) atoms. The molecule has 0 amide bonds. The number of rotatable bonds is 3. The van der Waals surface area contributed by atoms with Gasteiger partial charge in [-0.1, -0.05) is 48.5 Å². The average Bonchev–Trinajstić information content (AvgIpc) is 3.37. The average molecular weight is 390 g/mol. The van der Waals surface area contributed by atoms with E-state index in [9.17, 15) is 13.2 Å². The van der Waals surface area contributed by atoms with Crippen molar-refractivity contribution in [1.29, 1.82) is 0 Å². The van der Waals surface area contributed by atoms with E-state index >= 15 is 0 Å². The van der Waals surface area contributed by atoms with Crippen LogP contribution in [0.15, 0.2) is 71.6 Å². The molecule has 0 bridgehead atoms. The Kier molecular flexibility index (Phi) is 3.55. The molecule has 140 valence electrons. The van der Waals surface area contributed by atoms with Gasteiger partial charge in [-0.3, -0.25) is 0 Å². The second-order valence-electron chi connectivity index (χ2n) is 7.49. The van der Waals surface area contributed by atoms with Gasteiger partial charge in [0.2, 0.25) is 0 Å². The van der Waals surface area contributed by atoms with E-state index in [1.54, 1.807) is 24.3 Å². The maximum absolute atomic E-state index is 12.8. The highest BCUT2D eigenvalue weighted by atomic mass is 32.2. The maximum Gasteiger partial charge on any atom is 0.340 e. The molecule has 5 rings (SSSR count). The van der Waals surface area contributed by atoms with Gasteiger partial charge in [-0.15, -0.1) is 0 Å². The fourth-order valence-corrected chi connectivity index (χ4v) is 4.59. The van der Waals surface area contributed by atoms with Gasteiger partial charge < -0.3 is 4.74 Å². The molecule has 0 N–H and O–H groups in total. The molecule has 1 saturated carbocycles. The van der Waals surface area contributed by atoms with Crippen molar-refractivity contribution >= 4 is 37.7 Å². The second kappa shape index (κ2) is 5.79. The molecule has 1 fully saturated rings. The van der Waals surface area contributed by atoms with Gasteiger partial charge in [-0.2, -0.15) is 0 Å². The topological polar surface area (TPSA) is 60.4 Å². The third kappa shape index (κ3) is 2.66. The van der Waals surface area contributed by atoms with E-state index in [1.807, 2.05) is 42.5 Å². The van der Waals surface area contributed by atoms with Crippen molar-refractivity contribution in [3.63, 3.8) is 0 Å². The molecule has 3 aromatic carbocycles. The zero-order valence-electron chi connectivity index (χ0n) is 15.3. The quantitative estimate of drug-likeness (QED) is 0.628. The van der Waals surface area contributed by atoms with Crippen LogP contribution in [0.2, 0.25) is 0 Å². The Morgan fingerprint density at radius 2 is 1.50 bits per heavy atom. The first-order chi connectivity index (χ1) is 13.4. The van der Waals surface area contributed by atoms with Crippen molar-refractivity contribution in [3.8, 4) is 0 Å². The van der Waals surface area contributed by atoms with Gasteiger partial charge in [0.15, 0.2) is 9.84 Å². The Labute approximate surface area is 163 Å². The normalized spacial score (nSPS) is 18.0. The number of hydrogen-bond acceptors (Lipinski definition) is 4. The van der Waals surface area contributed by atoms with E-state index in [2.05, 4.69) is 0 Å². The van der Waals surface area contributed by atoms with E-state index in [4.69, 9.17) is 4.74 Å². The number of carbonyl (C=O) groups excluding carboxylic acids is 1. The molecule has 4 nitrogen and oxygen atoms in total. The first-order valence-corrected chi connectivity index (χ1v) is 11.0. The maximum atomic E-state index is 12.8. The fraction of sp³-hybridized carbons (Fsp3) is 0.174. The fourth-order valence-electron chi connectivity index (χ4n) is 3.96. The van der Waals surface area contributed by atoms with Crippen LogP contribution in [-0.4, -0.2) is 26.2 Å². The number of sulfone groups is 1. The van der Waals surface area contributed by atoms with Gasteiger partial charge in [-0.05, 0) is 52.9 Å². The summed E-state index contributed by atoms with van der Waals surface area (Å²) in [6.07, 6.45) is 2.77. The summed E-state index contributed by atoms with van der Waals surface area (Å²) in [5.41, 5.74) is 2.54. The molecule has 0 saturated heterocycles. The summed E-state index contributed by atoms with van der Waals surface area (Å²) in [4.78, 5) is 13.1. The minimum atomic E-state index is -3.27. The summed E-state index contributed by atoms with van der Waals surface area (Å²) in [6, 6.07) is 20.7. The molecule has 3 aromatic rings. The van der Waals surface area contributed by atoms with Crippen LogP contribution in [0.3, 0.4) is 0 Å². The first kappa shape index (κ1) is 17.2. The predicted octanol–water partition coefficient (Wildman–Crippen LogP) is 4.24. The van der Waals surface area contributed by atoms with Crippen LogP contribution in [0.25, 0.3) is 21.9 Å². The molecule has 1 heterocycles. The van der Waals surface area contributed by atoms with Crippen molar-refractivity contribution in [2.45, 2.75) is 23.3 Å². The SMILES string of the molecule is CS(=O)(=O)c1ccc(C2=C(c3ccc4ccccc4c3)C(=O)OC23CC3)cc1. The molecular formula is C23H18O4S. The Hall–Kier alpha value is -2.92. The van der Waals surface area contributed by atoms with Gasteiger partial charge in [-0.25, -0.2) is 13.2 Å². The van der Waals surface area contributed by atoms with Gasteiger partial charge in [0.1, 0.15) is 5.60 Å². The molecule has 0 radical (unpaired) electrons. The van der Waals surface area contributed by atoms with Crippen LogP contribution in [0, 0.1) is 0 Å². The smallest absolute Gasteiger partial charge is 0.340 e. The van der Waals surface area contributed by atoms with Gasteiger partial charge in [0.05, 0.1) is 10.5 Å². The number of ether oxygens (including phenoxy) is 1. The predicted molar refractivity (Wildman–Crippen MR) is 108 cm³/mol. The number of hydrogen-bond donors (Lipinski definition) is 0. The van der Waals surface area contributed by atoms with Gasteiger partial charge in [0.25, 0.3) is 0 Å². The van der Waals surface area contributed by atoms with Crippen molar-refractivity contribution in [1.82, 2.24) is 0 Å². The third-order valence-corrected chi connectivity index (χ3v) is 6.64. The van der Waals surface area contributed by atoms with Crippen LogP contribution in [0.5, 0.6) is 0 Å². The summed E-state index contributed by atoms with van der Waals surface area (Å²) < 4.78 is 29.3. The Morgan fingerprint density at radius 3 is 2.14 bits per heavy atom. The highest BCUT2D eigenvalue weighted by Gasteiger charge is 2.57. The summed E-state index contributed by atoms with van der Waals surface area (Å²) in [6.45, 7) is 0. The molecular weight excluding hydrogens is 372 g/mol. The lowest BCUT2D eigenvalue weighted by molar-refractivity contribution is -0.138. The van der Waals surface area contributed by atoms with E-state index in [0.29, 0.717) is 5.57 Å². The molecule has 0 unspecified atom stereocenters. The lowest BCUT2D eigenvalue weighted by Gasteiger charge is -2.13. The van der Waals surface area contributed by atoms with Crippen LogP contribution in [0.1, 0.15) is 24.0 Å². The molecule has 1 aliphatic heterocycles. The standard InChI is InChI=1S/C23H18O4S/c1-28(25,26)19-10-8-16(9-11-19)21-20(22(24)27-23(21)12-13-23)18-7-6-15-4-2-3-5-17(15)14-18/h2-11,14H,12-13H2,1H3. The van der Waals surface area contributed by atoms with Crippen molar-refractivity contribution in [2.24, 2.45) is 0 Å². The Balaban J connectivity index is 1.71. The highest BCUT2D eigenvalue weighted by Crippen LogP contribution is 2.57. The van der Waals surface area contributed by atoms with E-state index < -0.39 is 15.4 Å². The summed E-state index contributed by atoms with van der Waals surface area (Å²) in [5, 5.41) is 2.17. The highest BCUT2D eigenvalue weighted by molar-refractivity contribution is 7.90. The summed E-state index contributed by atoms with van der Waals surface area (Å²) in [7, 11) is -3.27. The molecule has 2 aliphatic rings. The lowest BCUT2D eigenvalue weighted by atomic mass is 9.91. The zero-order chi connectivity index (χ0) is 19.5. The molecule has 0 aromatic heterocycles. The number of esters is 1. The molecule has 1 spiro atoms. The molecule has 0 atom stereocenters. The van der Waals surface area contributed by atoms with E-state index in [-0.39, 0.29) is 10.9 Å². The van der Waals surface area contributed by atoms with E-state index in [1.165, 1.54) is 6.26 Å². The van der Waals surface area contributed by atoms with Crippen molar-refractivity contribution in [2.75, 3.05) is 6.26 Å². The van der Waals surface area contributed by atoms with Crippen LogP contribution < -0.4 is 0 Å². The minimum absolute atomic E-state index is 0.263. The first-order valence-electron chi connectivity index (χ1n) is 9.15. The summed E-state index contributed by atoms with van der Waals surface area (Å²) >= 11 is 0. The third-order valence-electron chi connectivity index (χ3n) is 5.51. The van der Waals surface area contributed by atoms with Crippen molar-refractivity contribution < 1.29 is 17.9 Å². The lowest BCUT2D eigenvalue weighted by Crippen LogP contribution is -2.11. The zero-order valence-corrected chi connectivity index (χ0v) is 16.1. The minimum Gasteiger partial charge on any atom is -0.451 e. The van der Waals surface area contributed by atoms with Crippen LogP contribution in [-0.2, 0) is 19.4 Å². The number of carbonyl (C=O) groups is 1. The van der Waals surface area contributed by atoms with Gasteiger partial charge in [0, 0.05) is 11.8 Å². The second-order valence-corrected chi connectivity index (χ2v) is 9.51. The van der Waals surface area contributed by atoms with Crippen molar-refractivity contribution in [3.05, 3.63) is 77.9 Å². The summed E-state index contributed by atoms with van der Waals surface area (Å²) in [5.74, 6) is -0.310. The molecule has 5 heteroatoms. The van der Waals surface area contributed by atoms with Crippen LogP contribution >= 0.6 is 0 Å². The number of fused-ring (bicyclic) bond motifs is 1. The van der Waals surface area contributed by atoms with E-state index in [0.717, 1.165) is 40.3 Å². The Bertz CT molecular complexity index is 1260. The largest absolute Gasteiger partial charge is 0.451 e. The molecule has 1 aliphatic carbocycles. The van der Waals surface area contributed by atoms with Gasteiger partial charge >= 0.3 is 5.97 Å². The Morgan fingerprint density at radius 1 is 0.857 bits per heavy atom. The monoisotopic (exact) mass is 390 g/mol.